The highest BCUT2D eigenvalue weighted by atomic mass is 16.5. The van der Waals surface area contributed by atoms with Crippen molar-refractivity contribution >= 4 is 5.97 Å². The van der Waals surface area contributed by atoms with E-state index in [0.29, 0.717) is 25.7 Å². The van der Waals surface area contributed by atoms with E-state index in [9.17, 15) is 4.79 Å². The van der Waals surface area contributed by atoms with Crippen LogP contribution >= 0.6 is 0 Å². The molecule has 0 radical (unpaired) electrons. The Morgan fingerprint density at radius 3 is 2.70 bits per heavy atom. The Labute approximate surface area is 121 Å². The standard InChI is InChI=1S/C15H27NO4/c1-3-16-15(12-7-8-12,14(17)19-4-2)11-18-10-13-6-5-9-20-13/h12-13,16H,3-11H2,1-2H3. The first-order valence-electron chi connectivity index (χ1n) is 7.84. The fourth-order valence-corrected chi connectivity index (χ4v) is 2.89. The number of ether oxygens (including phenoxy) is 3. The van der Waals surface area contributed by atoms with Gasteiger partial charge in [-0.05, 0) is 45.1 Å². The lowest BCUT2D eigenvalue weighted by molar-refractivity contribution is -0.156. The van der Waals surface area contributed by atoms with Crippen LogP contribution < -0.4 is 5.32 Å². The van der Waals surface area contributed by atoms with Gasteiger partial charge >= 0.3 is 5.97 Å². The number of rotatable bonds is 9. The zero-order chi connectivity index (χ0) is 14.4. The normalized spacial score (nSPS) is 25.4. The molecular formula is C15H27NO4. The summed E-state index contributed by atoms with van der Waals surface area (Å²) in [5, 5.41) is 3.33. The van der Waals surface area contributed by atoms with Crippen molar-refractivity contribution in [2.75, 3.05) is 33.0 Å². The Bertz CT molecular complexity index is 313. The number of nitrogens with one attached hydrogen (secondary N) is 1. The lowest BCUT2D eigenvalue weighted by Crippen LogP contribution is -2.58. The van der Waals surface area contributed by atoms with Crippen LogP contribution in [0.5, 0.6) is 0 Å². The summed E-state index contributed by atoms with van der Waals surface area (Å²) in [5.74, 6) is 0.169. The number of likely N-dealkylation sites (N-methyl/N-ethyl adjacent to an activating group) is 1. The Kier molecular flexibility index (Phi) is 5.81. The Balaban J connectivity index is 1.91. The summed E-state index contributed by atoms with van der Waals surface area (Å²) >= 11 is 0. The van der Waals surface area contributed by atoms with E-state index in [4.69, 9.17) is 14.2 Å². The minimum Gasteiger partial charge on any atom is -0.465 e. The van der Waals surface area contributed by atoms with Gasteiger partial charge < -0.3 is 14.2 Å². The molecule has 5 heteroatoms. The van der Waals surface area contributed by atoms with Gasteiger partial charge in [0.05, 0.1) is 25.9 Å². The van der Waals surface area contributed by atoms with E-state index in [-0.39, 0.29) is 12.1 Å². The minimum absolute atomic E-state index is 0.170. The zero-order valence-electron chi connectivity index (χ0n) is 12.7. The highest BCUT2D eigenvalue weighted by Crippen LogP contribution is 2.41. The van der Waals surface area contributed by atoms with Gasteiger partial charge in [-0.2, -0.15) is 0 Å². The van der Waals surface area contributed by atoms with Crippen molar-refractivity contribution in [2.45, 2.75) is 51.2 Å². The monoisotopic (exact) mass is 285 g/mol. The smallest absolute Gasteiger partial charge is 0.329 e. The van der Waals surface area contributed by atoms with Crippen LogP contribution in [0.1, 0.15) is 39.5 Å². The van der Waals surface area contributed by atoms with Crippen molar-refractivity contribution < 1.29 is 19.0 Å². The molecule has 0 amide bonds. The van der Waals surface area contributed by atoms with Gasteiger partial charge in [-0.1, -0.05) is 6.92 Å². The van der Waals surface area contributed by atoms with Gasteiger partial charge in [0, 0.05) is 6.61 Å². The number of carbonyl (C=O) groups is 1. The first kappa shape index (κ1) is 15.7. The summed E-state index contributed by atoms with van der Waals surface area (Å²) in [6.07, 6.45) is 4.48. The molecule has 2 atom stereocenters. The lowest BCUT2D eigenvalue weighted by Gasteiger charge is -2.32. The maximum absolute atomic E-state index is 12.4. The van der Waals surface area contributed by atoms with E-state index in [0.717, 1.165) is 38.8 Å². The molecule has 2 aliphatic rings. The van der Waals surface area contributed by atoms with Crippen molar-refractivity contribution in [2.24, 2.45) is 5.92 Å². The maximum atomic E-state index is 12.4. The van der Waals surface area contributed by atoms with Crippen LogP contribution in [-0.2, 0) is 19.0 Å². The zero-order valence-corrected chi connectivity index (χ0v) is 12.7. The first-order valence-corrected chi connectivity index (χ1v) is 7.84. The predicted octanol–water partition coefficient (Wildman–Crippen LogP) is 1.50. The van der Waals surface area contributed by atoms with E-state index in [1.165, 1.54) is 0 Å². The third-order valence-electron chi connectivity index (χ3n) is 4.06. The summed E-state index contributed by atoms with van der Waals surface area (Å²) in [7, 11) is 0. The van der Waals surface area contributed by atoms with Crippen LogP contribution in [0.3, 0.4) is 0 Å². The van der Waals surface area contributed by atoms with Gasteiger partial charge in [0.2, 0.25) is 0 Å². The van der Waals surface area contributed by atoms with E-state index >= 15 is 0 Å². The number of hydrogen-bond donors (Lipinski definition) is 1. The third kappa shape index (κ3) is 3.71. The Morgan fingerprint density at radius 1 is 1.35 bits per heavy atom. The molecular weight excluding hydrogens is 258 g/mol. The third-order valence-corrected chi connectivity index (χ3v) is 4.06. The lowest BCUT2D eigenvalue weighted by atomic mass is 9.94. The molecule has 0 aromatic rings. The second-order valence-electron chi connectivity index (χ2n) is 5.65. The molecule has 1 aliphatic heterocycles. The number of hydrogen-bond acceptors (Lipinski definition) is 5. The molecule has 0 aromatic heterocycles. The molecule has 2 unspecified atom stereocenters. The average Bonchev–Trinajstić information content (AvgIpc) is 3.16. The highest BCUT2D eigenvalue weighted by Gasteiger charge is 2.52. The van der Waals surface area contributed by atoms with Crippen molar-refractivity contribution in [3.8, 4) is 0 Å². The largest absolute Gasteiger partial charge is 0.465 e. The molecule has 0 bridgehead atoms. The molecule has 1 N–H and O–H groups in total. The van der Waals surface area contributed by atoms with Gasteiger partial charge in [-0.15, -0.1) is 0 Å². The van der Waals surface area contributed by atoms with Crippen molar-refractivity contribution in [1.82, 2.24) is 5.32 Å². The van der Waals surface area contributed by atoms with Crippen LogP contribution in [0.15, 0.2) is 0 Å². The summed E-state index contributed by atoms with van der Waals surface area (Å²) < 4.78 is 16.6. The van der Waals surface area contributed by atoms with E-state index in [2.05, 4.69) is 5.32 Å². The van der Waals surface area contributed by atoms with Gasteiger partial charge in [0.15, 0.2) is 0 Å². The number of carbonyl (C=O) groups excluding carboxylic acids is 1. The summed E-state index contributed by atoms with van der Waals surface area (Å²) in [4.78, 5) is 12.4. The quantitative estimate of drug-likeness (QED) is 0.651. The average molecular weight is 285 g/mol. The highest BCUT2D eigenvalue weighted by molar-refractivity contribution is 5.82. The predicted molar refractivity (Wildman–Crippen MR) is 75.6 cm³/mol. The van der Waals surface area contributed by atoms with Crippen LogP contribution in [0, 0.1) is 5.92 Å². The molecule has 2 fully saturated rings. The molecule has 1 heterocycles. The molecule has 0 spiro atoms. The molecule has 1 saturated carbocycles. The first-order chi connectivity index (χ1) is 9.73. The second-order valence-corrected chi connectivity index (χ2v) is 5.65. The van der Waals surface area contributed by atoms with Crippen LogP contribution in [0.4, 0.5) is 0 Å². The minimum atomic E-state index is -0.663. The van der Waals surface area contributed by atoms with Gasteiger partial charge in [0.1, 0.15) is 5.54 Å². The van der Waals surface area contributed by atoms with E-state index in [1.807, 2.05) is 13.8 Å². The van der Waals surface area contributed by atoms with Crippen molar-refractivity contribution in [1.29, 1.82) is 0 Å². The topological polar surface area (TPSA) is 56.8 Å². The van der Waals surface area contributed by atoms with E-state index in [1.54, 1.807) is 0 Å². The SMILES string of the molecule is CCNC(COCC1CCCO1)(C(=O)OCC)C1CC1. The molecule has 1 aliphatic carbocycles. The molecule has 5 nitrogen and oxygen atoms in total. The molecule has 1 saturated heterocycles. The number of esters is 1. The van der Waals surface area contributed by atoms with Crippen LogP contribution in [0.2, 0.25) is 0 Å². The van der Waals surface area contributed by atoms with E-state index < -0.39 is 5.54 Å². The van der Waals surface area contributed by atoms with Crippen molar-refractivity contribution in [3.63, 3.8) is 0 Å². The van der Waals surface area contributed by atoms with Crippen LogP contribution in [-0.4, -0.2) is 50.6 Å². The fourth-order valence-electron chi connectivity index (χ4n) is 2.89. The Hall–Kier alpha value is -0.650. The molecule has 0 aromatic carbocycles. The second kappa shape index (κ2) is 7.38. The molecule has 20 heavy (non-hydrogen) atoms. The van der Waals surface area contributed by atoms with Gasteiger partial charge in [-0.25, -0.2) is 4.79 Å². The Morgan fingerprint density at radius 2 is 2.15 bits per heavy atom. The van der Waals surface area contributed by atoms with Crippen LogP contribution in [0.25, 0.3) is 0 Å². The summed E-state index contributed by atoms with van der Waals surface area (Å²) in [5.41, 5.74) is -0.663. The summed E-state index contributed by atoms with van der Waals surface area (Å²) in [6, 6.07) is 0. The van der Waals surface area contributed by atoms with Gasteiger partial charge in [0.25, 0.3) is 0 Å². The van der Waals surface area contributed by atoms with Crippen molar-refractivity contribution in [3.05, 3.63) is 0 Å². The summed E-state index contributed by atoms with van der Waals surface area (Å²) in [6.45, 7) is 6.77. The fraction of sp³-hybridized carbons (Fsp3) is 0.933. The van der Waals surface area contributed by atoms with Gasteiger partial charge in [-0.3, -0.25) is 5.32 Å². The maximum Gasteiger partial charge on any atom is 0.329 e. The molecule has 116 valence electrons. The molecule has 2 rings (SSSR count).